The third-order valence-corrected chi connectivity index (χ3v) is 3.39. The Hall–Kier alpha value is -0.370. The van der Waals surface area contributed by atoms with Gasteiger partial charge >= 0.3 is 0 Å². The van der Waals surface area contributed by atoms with E-state index in [2.05, 4.69) is 27.5 Å². The van der Waals surface area contributed by atoms with Gasteiger partial charge in [0.2, 0.25) is 0 Å². The van der Waals surface area contributed by atoms with E-state index < -0.39 is 0 Å². The van der Waals surface area contributed by atoms with Crippen molar-refractivity contribution in [2.75, 3.05) is 13.1 Å². The van der Waals surface area contributed by atoms with Crippen molar-refractivity contribution in [3.63, 3.8) is 0 Å². The van der Waals surface area contributed by atoms with Crippen LogP contribution in [-0.4, -0.2) is 24.0 Å². The van der Waals surface area contributed by atoms with Gasteiger partial charge in [-0.05, 0) is 20.3 Å². The van der Waals surface area contributed by atoms with Crippen LogP contribution >= 0.6 is 35.3 Å². The van der Waals surface area contributed by atoms with E-state index in [-0.39, 0.29) is 24.0 Å². The van der Waals surface area contributed by atoms with Crippen LogP contribution in [0.2, 0.25) is 0 Å². The van der Waals surface area contributed by atoms with E-state index in [9.17, 15) is 0 Å². The summed E-state index contributed by atoms with van der Waals surface area (Å²) >= 11 is 1.75. The lowest BCUT2D eigenvalue weighted by Gasteiger charge is -2.15. The van der Waals surface area contributed by atoms with Gasteiger partial charge in [-0.3, -0.25) is 4.99 Å². The maximum atomic E-state index is 4.39. The lowest BCUT2D eigenvalue weighted by Crippen LogP contribution is -2.40. The van der Waals surface area contributed by atoms with Crippen LogP contribution in [0.5, 0.6) is 0 Å². The fourth-order valence-corrected chi connectivity index (χ4v) is 2.43. The summed E-state index contributed by atoms with van der Waals surface area (Å²) in [5.74, 6) is 0.923. The third kappa shape index (κ3) is 3.58. The predicted octanol–water partition coefficient (Wildman–Crippen LogP) is 1.82. The van der Waals surface area contributed by atoms with Gasteiger partial charge in [-0.1, -0.05) is 0 Å². The molecule has 1 aliphatic rings. The van der Waals surface area contributed by atoms with Crippen LogP contribution in [0.4, 0.5) is 0 Å². The highest BCUT2D eigenvalue weighted by Gasteiger charge is 2.07. The number of aryl methyl sites for hydroxylation is 2. The van der Waals surface area contributed by atoms with Gasteiger partial charge in [0.1, 0.15) is 0 Å². The first-order chi connectivity index (χ1) is 7.25. The van der Waals surface area contributed by atoms with Gasteiger partial charge in [0.15, 0.2) is 5.96 Å². The van der Waals surface area contributed by atoms with Gasteiger partial charge in [-0.25, -0.2) is 4.98 Å². The molecule has 0 fully saturated rings. The number of rotatable bonds is 2. The Bertz CT molecular complexity index is 375. The summed E-state index contributed by atoms with van der Waals surface area (Å²) in [6, 6.07) is 0. The fraction of sp³-hybridized carbons (Fsp3) is 0.600. The van der Waals surface area contributed by atoms with E-state index in [1.165, 1.54) is 4.88 Å². The van der Waals surface area contributed by atoms with Gasteiger partial charge in [-0.15, -0.1) is 35.3 Å². The van der Waals surface area contributed by atoms with Crippen molar-refractivity contribution < 1.29 is 0 Å². The Balaban J connectivity index is 0.00000128. The molecule has 0 aromatic carbocycles. The molecule has 2 rings (SSSR count). The van der Waals surface area contributed by atoms with E-state index in [0.717, 1.165) is 42.7 Å². The SMILES string of the molecule is Cc1nc(C)c(CNC2=NCCCN2)s1.I. The molecule has 0 bridgehead atoms. The summed E-state index contributed by atoms with van der Waals surface area (Å²) in [5.41, 5.74) is 1.13. The van der Waals surface area contributed by atoms with Gasteiger partial charge in [-0.2, -0.15) is 0 Å². The molecule has 0 atom stereocenters. The monoisotopic (exact) mass is 352 g/mol. The summed E-state index contributed by atoms with van der Waals surface area (Å²) in [6.07, 6.45) is 1.13. The largest absolute Gasteiger partial charge is 0.356 e. The minimum absolute atomic E-state index is 0. The van der Waals surface area contributed by atoms with Crippen molar-refractivity contribution in [3.05, 3.63) is 15.6 Å². The van der Waals surface area contributed by atoms with Crippen molar-refractivity contribution in [1.29, 1.82) is 0 Å². The Morgan fingerprint density at radius 1 is 1.44 bits per heavy atom. The van der Waals surface area contributed by atoms with Gasteiger partial charge in [0.05, 0.1) is 17.2 Å². The molecule has 2 heterocycles. The molecule has 16 heavy (non-hydrogen) atoms. The minimum atomic E-state index is 0. The zero-order valence-corrected chi connectivity index (χ0v) is 12.7. The first-order valence-corrected chi connectivity index (χ1v) is 6.02. The highest BCUT2D eigenvalue weighted by molar-refractivity contribution is 14.0. The van der Waals surface area contributed by atoms with Crippen LogP contribution < -0.4 is 10.6 Å². The smallest absolute Gasteiger partial charge is 0.191 e. The predicted molar refractivity (Wildman–Crippen MR) is 78.8 cm³/mol. The van der Waals surface area contributed by atoms with Crippen LogP contribution in [0.3, 0.4) is 0 Å². The summed E-state index contributed by atoms with van der Waals surface area (Å²) in [6.45, 7) is 6.86. The molecule has 0 amide bonds. The Morgan fingerprint density at radius 2 is 2.25 bits per heavy atom. The summed E-state index contributed by atoms with van der Waals surface area (Å²) < 4.78 is 0. The molecule has 1 aromatic heterocycles. The summed E-state index contributed by atoms with van der Waals surface area (Å²) in [4.78, 5) is 10.0. The number of aliphatic imine (C=N–C) groups is 1. The van der Waals surface area contributed by atoms with E-state index in [4.69, 9.17) is 0 Å². The molecule has 0 radical (unpaired) electrons. The van der Waals surface area contributed by atoms with Gasteiger partial charge in [0.25, 0.3) is 0 Å². The van der Waals surface area contributed by atoms with Crippen LogP contribution in [0, 0.1) is 13.8 Å². The Kier molecular flexibility index (Phi) is 5.47. The molecule has 0 spiro atoms. The van der Waals surface area contributed by atoms with Gasteiger partial charge < -0.3 is 10.6 Å². The van der Waals surface area contributed by atoms with Crippen LogP contribution in [0.1, 0.15) is 22.0 Å². The average Bonchev–Trinajstić information content (AvgIpc) is 2.56. The highest BCUT2D eigenvalue weighted by atomic mass is 127. The fourth-order valence-electron chi connectivity index (χ4n) is 1.55. The van der Waals surface area contributed by atoms with Crippen LogP contribution in [-0.2, 0) is 6.54 Å². The Labute approximate surface area is 117 Å². The van der Waals surface area contributed by atoms with Crippen molar-refractivity contribution in [2.24, 2.45) is 4.99 Å². The van der Waals surface area contributed by atoms with Crippen molar-refractivity contribution in [3.8, 4) is 0 Å². The molecule has 0 unspecified atom stereocenters. The average molecular weight is 352 g/mol. The maximum absolute atomic E-state index is 4.39. The quantitative estimate of drug-likeness (QED) is 0.799. The molecule has 90 valence electrons. The molecule has 1 aliphatic heterocycles. The zero-order chi connectivity index (χ0) is 10.7. The van der Waals surface area contributed by atoms with E-state index in [1.54, 1.807) is 11.3 Å². The number of nitrogens with one attached hydrogen (secondary N) is 2. The van der Waals surface area contributed by atoms with Crippen molar-refractivity contribution >= 4 is 41.3 Å². The number of aromatic nitrogens is 1. The first-order valence-electron chi connectivity index (χ1n) is 5.21. The van der Waals surface area contributed by atoms with Crippen LogP contribution in [0.25, 0.3) is 0 Å². The van der Waals surface area contributed by atoms with Gasteiger partial charge in [0, 0.05) is 18.0 Å². The second-order valence-corrected chi connectivity index (χ2v) is 4.89. The normalized spacial score (nSPS) is 14.8. The molecule has 0 saturated heterocycles. The number of nitrogens with zero attached hydrogens (tertiary/aromatic N) is 2. The third-order valence-electron chi connectivity index (χ3n) is 2.31. The lowest BCUT2D eigenvalue weighted by molar-refractivity contribution is 0.703. The maximum Gasteiger partial charge on any atom is 0.191 e. The van der Waals surface area contributed by atoms with E-state index in [1.807, 2.05) is 6.92 Å². The molecule has 0 saturated carbocycles. The van der Waals surface area contributed by atoms with E-state index >= 15 is 0 Å². The topological polar surface area (TPSA) is 49.3 Å². The second kappa shape index (κ2) is 6.39. The number of halogens is 1. The van der Waals surface area contributed by atoms with Crippen molar-refractivity contribution in [2.45, 2.75) is 26.8 Å². The zero-order valence-electron chi connectivity index (χ0n) is 9.54. The van der Waals surface area contributed by atoms with Crippen molar-refractivity contribution in [1.82, 2.24) is 15.6 Å². The lowest BCUT2D eigenvalue weighted by atomic mass is 10.4. The number of hydrogen-bond acceptors (Lipinski definition) is 5. The molecular weight excluding hydrogens is 335 g/mol. The standard InChI is InChI=1S/C10H16N4S.HI/c1-7-9(15-8(2)14-7)6-13-10-11-4-3-5-12-10;/h3-6H2,1-2H3,(H2,11,12,13);1H. The Morgan fingerprint density at radius 3 is 2.81 bits per heavy atom. The molecule has 1 aromatic rings. The number of guanidine groups is 1. The molecule has 6 heteroatoms. The number of hydrogen-bond donors (Lipinski definition) is 2. The minimum Gasteiger partial charge on any atom is -0.356 e. The summed E-state index contributed by atoms with van der Waals surface area (Å²) in [5, 5.41) is 7.67. The highest BCUT2D eigenvalue weighted by Crippen LogP contribution is 2.16. The molecule has 0 aliphatic carbocycles. The molecule has 2 N–H and O–H groups in total. The molecular formula is C10H17IN4S. The van der Waals surface area contributed by atoms with E-state index in [0.29, 0.717) is 0 Å². The molecule has 4 nitrogen and oxygen atoms in total. The van der Waals surface area contributed by atoms with Crippen LogP contribution in [0.15, 0.2) is 4.99 Å². The summed E-state index contributed by atoms with van der Waals surface area (Å²) in [7, 11) is 0. The second-order valence-electron chi connectivity index (χ2n) is 3.61. The first kappa shape index (κ1) is 13.7. The number of thiazole rings is 1.